The molecule has 34 heavy (non-hydrogen) atoms. The second-order valence-corrected chi connectivity index (χ2v) is 12.4. The highest BCUT2D eigenvalue weighted by Crippen LogP contribution is 2.46. The third kappa shape index (κ3) is 4.65. The molecule has 1 N–H and O–H groups in total. The molecule has 5 rings (SSSR count). The van der Waals surface area contributed by atoms with Crippen molar-refractivity contribution in [1.29, 1.82) is 0 Å². The van der Waals surface area contributed by atoms with Gasteiger partial charge in [0.1, 0.15) is 0 Å². The Morgan fingerprint density at radius 1 is 1.12 bits per heavy atom. The lowest BCUT2D eigenvalue weighted by molar-refractivity contribution is 0.0983. The first-order chi connectivity index (χ1) is 16.6. The maximum absolute atomic E-state index is 12.9. The van der Waals surface area contributed by atoms with Crippen molar-refractivity contribution in [2.24, 2.45) is 0 Å². The summed E-state index contributed by atoms with van der Waals surface area (Å²) in [5.74, 6) is 1.68. The van der Waals surface area contributed by atoms with Crippen molar-refractivity contribution in [1.82, 2.24) is 13.6 Å². The van der Waals surface area contributed by atoms with Gasteiger partial charge in [0.05, 0.1) is 5.69 Å². The molecule has 1 aliphatic heterocycles. The van der Waals surface area contributed by atoms with Crippen LogP contribution in [0.3, 0.4) is 0 Å². The Morgan fingerprint density at radius 2 is 1.91 bits per heavy atom. The molecule has 1 unspecified atom stereocenters. The van der Waals surface area contributed by atoms with Crippen LogP contribution >= 0.6 is 23.9 Å². The summed E-state index contributed by atoms with van der Waals surface area (Å²) in [6, 6.07) is 15.4. The molecular weight excluding hydrogens is 458 g/mol. The number of thioether (sulfide) groups is 1. The van der Waals surface area contributed by atoms with Crippen molar-refractivity contribution in [2.45, 2.75) is 63.2 Å². The van der Waals surface area contributed by atoms with E-state index in [-0.39, 0.29) is 5.91 Å². The van der Waals surface area contributed by atoms with Crippen molar-refractivity contribution in [3.63, 3.8) is 0 Å². The van der Waals surface area contributed by atoms with Crippen molar-refractivity contribution in [3.8, 4) is 11.3 Å². The van der Waals surface area contributed by atoms with Crippen molar-refractivity contribution < 1.29 is 4.79 Å². The number of aromatic nitrogens is 1. The van der Waals surface area contributed by atoms with Crippen LogP contribution in [-0.2, 0) is 13.0 Å². The molecule has 0 spiro atoms. The smallest absolute Gasteiger partial charge is 0.262 e. The molecule has 1 aliphatic carbocycles. The molecule has 1 atom stereocenters. The van der Waals surface area contributed by atoms with Gasteiger partial charge in [-0.15, -0.1) is 0 Å². The average molecular weight is 494 g/mol. The highest BCUT2D eigenvalue weighted by Gasteiger charge is 2.31. The molecule has 2 aliphatic rings. The van der Waals surface area contributed by atoms with Gasteiger partial charge in [0, 0.05) is 46.0 Å². The van der Waals surface area contributed by atoms with Gasteiger partial charge < -0.3 is 4.57 Å². The van der Waals surface area contributed by atoms with Crippen LogP contribution in [0.1, 0.15) is 66.4 Å². The van der Waals surface area contributed by atoms with Crippen LogP contribution in [0.4, 0.5) is 0 Å². The van der Waals surface area contributed by atoms with Crippen molar-refractivity contribution in [3.05, 3.63) is 59.2 Å². The molecule has 0 bridgehead atoms. The number of rotatable bonds is 6. The minimum absolute atomic E-state index is 0.0381. The van der Waals surface area contributed by atoms with Crippen LogP contribution in [0, 0.1) is 0 Å². The predicted molar refractivity (Wildman–Crippen MR) is 148 cm³/mol. The summed E-state index contributed by atoms with van der Waals surface area (Å²) in [6.45, 7) is 3.25. The number of amides is 1. The van der Waals surface area contributed by atoms with E-state index in [1.165, 1.54) is 77.5 Å². The zero-order valence-corrected chi connectivity index (χ0v) is 22.1. The van der Waals surface area contributed by atoms with Gasteiger partial charge in [0.2, 0.25) is 0 Å². The number of nitrogens with one attached hydrogen (secondary N) is 1. The van der Waals surface area contributed by atoms with Gasteiger partial charge in [0.25, 0.3) is 5.91 Å². The largest absolute Gasteiger partial charge is 0.339 e. The zero-order chi connectivity index (χ0) is 23.7. The first kappa shape index (κ1) is 23.8. The minimum Gasteiger partial charge on any atom is -0.339 e. The van der Waals surface area contributed by atoms with E-state index in [4.69, 9.17) is 0 Å². The van der Waals surface area contributed by atoms with Crippen LogP contribution in [0.25, 0.3) is 22.2 Å². The standard InChI is InChI=1S/C28H35N3OS2/c1-4-33-22-16-20-12-8-9-13-23(20)27-26(19-10-6-5-7-11-19)24-15-14-21(17-25(24)31(27)18-22)28(32)29-34-30(2)3/h8-9,12-15,17,19,22H,4-7,10-11,16,18H2,1-3H3,(H,29,32). The van der Waals surface area contributed by atoms with Crippen LogP contribution in [0.2, 0.25) is 0 Å². The number of fused-ring (bicyclic) bond motifs is 5. The normalized spacial score (nSPS) is 18.5. The quantitative estimate of drug-likeness (QED) is 0.380. The number of carbonyl (C=O) groups is 1. The fourth-order valence-electron chi connectivity index (χ4n) is 5.78. The molecular formula is C28H35N3OS2. The molecule has 0 saturated heterocycles. The zero-order valence-electron chi connectivity index (χ0n) is 20.5. The molecule has 2 heterocycles. The van der Waals surface area contributed by atoms with E-state index in [1.54, 1.807) is 0 Å². The summed E-state index contributed by atoms with van der Waals surface area (Å²) < 4.78 is 7.42. The van der Waals surface area contributed by atoms with Gasteiger partial charge in [-0.1, -0.05) is 56.5 Å². The maximum Gasteiger partial charge on any atom is 0.262 e. The SMILES string of the molecule is CCSC1Cc2ccccc2-c2c(C3CCCCC3)c3ccc(C(=O)NSN(C)C)cc3n2C1. The number of nitrogens with zero attached hydrogens (tertiary/aromatic N) is 2. The predicted octanol–water partition coefficient (Wildman–Crippen LogP) is 6.89. The van der Waals surface area contributed by atoms with Crippen LogP contribution in [0.5, 0.6) is 0 Å². The number of benzene rings is 2. The van der Waals surface area contributed by atoms with Crippen LogP contribution in [0.15, 0.2) is 42.5 Å². The molecule has 3 aromatic rings. The lowest BCUT2D eigenvalue weighted by Gasteiger charge is -2.24. The second kappa shape index (κ2) is 10.4. The Balaban J connectivity index is 1.71. The molecule has 1 saturated carbocycles. The monoisotopic (exact) mass is 493 g/mol. The third-order valence-corrected chi connectivity index (χ3v) is 8.97. The van der Waals surface area contributed by atoms with Gasteiger partial charge in [0.15, 0.2) is 0 Å². The van der Waals surface area contributed by atoms with E-state index in [2.05, 4.69) is 64.4 Å². The Hall–Kier alpha value is -1.89. The molecule has 1 fully saturated rings. The lowest BCUT2D eigenvalue weighted by Crippen LogP contribution is -2.20. The summed E-state index contributed by atoms with van der Waals surface area (Å²) in [6.07, 6.45) is 7.61. The molecule has 6 heteroatoms. The number of hydrogen-bond acceptors (Lipinski definition) is 4. The average Bonchev–Trinajstić information content (AvgIpc) is 3.07. The highest BCUT2D eigenvalue weighted by atomic mass is 32.2. The summed E-state index contributed by atoms with van der Waals surface area (Å²) in [5.41, 5.74) is 7.75. The van der Waals surface area contributed by atoms with Crippen LogP contribution in [-0.4, -0.2) is 39.9 Å². The lowest BCUT2D eigenvalue weighted by atomic mass is 9.81. The van der Waals surface area contributed by atoms with E-state index < -0.39 is 0 Å². The fourth-order valence-corrected chi connectivity index (χ4v) is 7.19. The van der Waals surface area contributed by atoms with E-state index in [9.17, 15) is 4.79 Å². The highest BCUT2D eigenvalue weighted by molar-refractivity contribution is 7.99. The van der Waals surface area contributed by atoms with Gasteiger partial charge in [-0.05, 0) is 68.3 Å². The van der Waals surface area contributed by atoms with Crippen molar-refractivity contribution >= 4 is 40.7 Å². The molecule has 0 radical (unpaired) electrons. The Bertz CT molecular complexity index is 1180. The summed E-state index contributed by atoms with van der Waals surface area (Å²) in [5, 5.41) is 1.87. The first-order valence-corrected chi connectivity index (χ1v) is 14.4. The van der Waals surface area contributed by atoms with Gasteiger partial charge in [-0.3, -0.25) is 9.52 Å². The van der Waals surface area contributed by atoms with Gasteiger partial charge in [-0.2, -0.15) is 11.8 Å². The minimum atomic E-state index is -0.0381. The number of hydrogen-bond donors (Lipinski definition) is 1. The Labute approximate surface area is 212 Å². The van der Waals surface area contributed by atoms with Crippen LogP contribution < -0.4 is 4.72 Å². The van der Waals surface area contributed by atoms with E-state index in [0.29, 0.717) is 11.2 Å². The van der Waals surface area contributed by atoms with Crippen molar-refractivity contribution in [2.75, 3.05) is 19.8 Å². The molecule has 1 amide bonds. The Morgan fingerprint density at radius 3 is 2.68 bits per heavy atom. The maximum atomic E-state index is 12.9. The number of carbonyl (C=O) groups excluding carboxylic acids is 1. The summed E-state index contributed by atoms with van der Waals surface area (Å²) in [4.78, 5) is 12.9. The topological polar surface area (TPSA) is 37.3 Å². The molecule has 180 valence electrons. The summed E-state index contributed by atoms with van der Waals surface area (Å²) in [7, 11) is 3.86. The van der Waals surface area contributed by atoms with E-state index in [0.717, 1.165) is 24.3 Å². The van der Waals surface area contributed by atoms with Gasteiger partial charge >= 0.3 is 0 Å². The summed E-state index contributed by atoms with van der Waals surface area (Å²) >= 11 is 3.38. The molecule has 2 aromatic carbocycles. The Kier molecular flexibility index (Phi) is 7.28. The van der Waals surface area contributed by atoms with E-state index >= 15 is 0 Å². The van der Waals surface area contributed by atoms with Gasteiger partial charge in [-0.25, -0.2) is 4.31 Å². The fraction of sp³-hybridized carbons (Fsp3) is 0.464. The third-order valence-electron chi connectivity index (χ3n) is 7.21. The molecule has 4 nitrogen and oxygen atoms in total. The molecule has 1 aromatic heterocycles. The second-order valence-electron chi connectivity index (χ2n) is 9.71. The van der Waals surface area contributed by atoms with E-state index in [1.807, 2.05) is 24.5 Å². The first-order valence-electron chi connectivity index (χ1n) is 12.6.